The molecule has 1 saturated carbocycles. The van der Waals surface area contributed by atoms with Crippen LogP contribution in [0.3, 0.4) is 0 Å². The highest BCUT2D eigenvalue weighted by molar-refractivity contribution is 7.09. The van der Waals surface area contributed by atoms with E-state index in [1.165, 1.54) is 0 Å². The van der Waals surface area contributed by atoms with E-state index in [2.05, 4.69) is 5.32 Å². The molecule has 0 radical (unpaired) electrons. The van der Waals surface area contributed by atoms with Crippen LogP contribution in [0.1, 0.15) is 43.0 Å². The van der Waals surface area contributed by atoms with Crippen molar-refractivity contribution >= 4 is 29.2 Å². The standard InChI is InChI=1S/C24H29N3O4S/c1-17-8-5-6-12-24(17)22(29)27(23(30)25-24)16-21(28)26(15-19-10-7-13-32-19)14-18-9-3-4-11-20(18)31-2/h3-4,7,9-11,13,17H,5-6,8,12,14-16H2,1-2H3,(H,25,30). The van der Waals surface area contributed by atoms with Gasteiger partial charge in [-0.25, -0.2) is 4.79 Å². The van der Waals surface area contributed by atoms with Gasteiger partial charge in [-0.15, -0.1) is 11.3 Å². The molecule has 2 unspecified atom stereocenters. The Balaban J connectivity index is 1.54. The maximum atomic E-state index is 13.4. The first kappa shape index (κ1) is 22.3. The number of hydrogen-bond acceptors (Lipinski definition) is 5. The van der Waals surface area contributed by atoms with Crippen molar-refractivity contribution in [3.05, 3.63) is 52.2 Å². The summed E-state index contributed by atoms with van der Waals surface area (Å²) in [7, 11) is 1.60. The van der Waals surface area contributed by atoms with E-state index >= 15 is 0 Å². The molecule has 7 nitrogen and oxygen atoms in total. The summed E-state index contributed by atoms with van der Waals surface area (Å²) in [5.74, 6) is 0.217. The minimum Gasteiger partial charge on any atom is -0.496 e. The van der Waals surface area contributed by atoms with E-state index in [0.29, 0.717) is 25.3 Å². The summed E-state index contributed by atoms with van der Waals surface area (Å²) >= 11 is 1.57. The van der Waals surface area contributed by atoms with Crippen LogP contribution >= 0.6 is 11.3 Å². The van der Waals surface area contributed by atoms with Crippen molar-refractivity contribution < 1.29 is 19.1 Å². The molecule has 4 amide bonds. The van der Waals surface area contributed by atoms with E-state index < -0.39 is 11.6 Å². The molecule has 170 valence electrons. The number of ether oxygens (including phenoxy) is 1. The predicted octanol–water partition coefficient (Wildman–Crippen LogP) is 3.79. The van der Waals surface area contributed by atoms with Crippen molar-refractivity contribution in [2.24, 2.45) is 5.92 Å². The number of methoxy groups -OCH3 is 1. The van der Waals surface area contributed by atoms with Crippen LogP contribution in [0.2, 0.25) is 0 Å². The van der Waals surface area contributed by atoms with Gasteiger partial charge >= 0.3 is 6.03 Å². The number of nitrogens with zero attached hydrogens (tertiary/aromatic N) is 2. The number of carbonyl (C=O) groups is 3. The summed E-state index contributed by atoms with van der Waals surface area (Å²) in [6.45, 7) is 2.47. The summed E-state index contributed by atoms with van der Waals surface area (Å²) in [5.41, 5.74) is 0.00565. The van der Waals surface area contributed by atoms with Gasteiger partial charge in [0.1, 0.15) is 17.8 Å². The molecule has 1 aromatic carbocycles. The van der Waals surface area contributed by atoms with Crippen LogP contribution in [0, 0.1) is 5.92 Å². The maximum Gasteiger partial charge on any atom is 0.325 e. The first-order chi connectivity index (χ1) is 15.4. The molecule has 1 aliphatic carbocycles. The molecule has 32 heavy (non-hydrogen) atoms. The lowest BCUT2D eigenvalue weighted by molar-refractivity contribution is -0.141. The number of nitrogens with one attached hydrogen (secondary N) is 1. The number of urea groups is 1. The molecule has 2 atom stereocenters. The zero-order valence-electron chi connectivity index (χ0n) is 18.5. The first-order valence-electron chi connectivity index (χ1n) is 11.0. The quantitative estimate of drug-likeness (QED) is 0.645. The lowest BCUT2D eigenvalue weighted by atomic mass is 9.73. The summed E-state index contributed by atoms with van der Waals surface area (Å²) in [4.78, 5) is 43.2. The first-order valence-corrected chi connectivity index (χ1v) is 11.9. The number of amides is 4. The van der Waals surface area contributed by atoms with Gasteiger partial charge in [-0.1, -0.05) is 44.0 Å². The van der Waals surface area contributed by atoms with Gasteiger partial charge < -0.3 is 15.0 Å². The highest BCUT2D eigenvalue weighted by Crippen LogP contribution is 2.38. The number of carbonyl (C=O) groups excluding carboxylic acids is 3. The van der Waals surface area contributed by atoms with Crippen molar-refractivity contribution in [2.75, 3.05) is 13.7 Å². The van der Waals surface area contributed by atoms with E-state index in [1.807, 2.05) is 48.7 Å². The lowest BCUT2D eigenvalue weighted by Gasteiger charge is -2.36. The van der Waals surface area contributed by atoms with Crippen LogP contribution in [0.5, 0.6) is 5.75 Å². The fourth-order valence-corrected chi connectivity index (χ4v) is 5.46. The SMILES string of the molecule is COc1ccccc1CN(Cc1cccs1)C(=O)CN1C(=O)NC2(CCCCC2C)C1=O. The molecular formula is C24H29N3O4S. The Kier molecular flexibility index (Phi) is 6.50. The van der Waals surface area contributed by atoms with Crippen molar-refractivity contribution in [1.29, 1.82) is 0 Å². The molecule has 1 saturated heterocycles. The van der Waals surface area contributed by atoms with Crippen LogP contribution in [-0.2, 0) is 22.7 Å². The van der Waals surface area contributed by atoms with Gasteiger partial charge in [-0.2, -0.15) is 0 Å². The number of para-hydroxylation sites is 1. The van der Waals surface area contributed by atoms with Crippen molar-refractivity contribution in [3.63, 3.8) is 0 Å². The van der Waals surface area contributed by atoms with Gasteiger partial charge in [0.2, 0.25) is 5.91 Å². The molecule has 1 spiro atoms. The fourth-order valence-electron chi connectivity index (χ4n) is 4.74. The van der Waals surface area contributed by atoms with Gasteiger partial charge in [0, 0.05) is 17.0 Å². The number of hydrogen-bond donors (Lipinski definition) is 1. The van der Waals surface area contributed by atoms with Crippen LogP contribution in [-0.4, -0.2) is 46.8 Å². The van der Waals surface area contributed by atoms with Crippen LogP contribution in [0.25, 0.3) is 0 Å². The molecule has 8 heteroatoms. The van der Waals surface area contributed by atoms with Crippen LogP contribution < -0.4 is 10.1 Å². The zero-order chi connectivity index (χ0) is 22.7. The molecule has 2 aromatic rings. The van der Waals surface area contributed by atoms with Gasteiger partial charge in [-0.05, 0) is 36.3 Å². The highest BCUT2D eigenvalue weighted by Gasteiger charge is 2.55. The van der Waals surface area contributed by atoms with Gasteiger partial charge in [0.05, 0.1) is 13.7 Å². The Labute approximate surface area is 192 Å². The summed E-state index contributed by atoms with van der Waals surface area (Å²) < 4.78 is 5.45. The topological polar surface area (TPSA) is 79.0 Å². The Morgan fingerprint density at radius 1 is 1.22 bits per heavy atom. The molecule has 1 aliphatic heterocycles. The Hall–Kier alpha value is -2.87. The van der Waals surface area contributed by atoms with E-state index in [0.717, 1.165) is 34.6 Å². The third-order valence-electron chi connectivity index (χ3n) is 6.63. The minimum atomic E-state index is -0.864. The molecule has 1 N–H and O–H groups in total. The average molecular weight is 456 g/mol. The van der Waals surface area contributed by atoms with E-state index in [4.69, 9.17) is 4.74 Å². The third-order valence-corrected chi connectivity index (χ3v) is 7.49. The Morgan fingerprint density at radius 2 is 2.03 bits per heavy atom. The van der Waals surface area contributed by atoms with E-state index in [9.17, 15) is 14.4 Å². The van der Waals surface area contributed by atoms with Crippen LogP contribution in [0.15, 0.2) is 41.8 Å². The lowest BCUT2D eigenvalue weighted by Crippen LogP contribution is -2.54. The molecule has 4 rings (SSSR count). The van der Waals surface area contributed by atoms with E-state index in [1.54, 1.807) is 23.3 Å². The largest absolute Gasteiger partial charge is 0.496 e. The second-order valence-electron chi connectivity index (χ2n) is 8.58. The van der Waals surface area contributed by atoms with Crippen molar-refractivity contribution in [2.45, 2.75) is 51.2 Å². The fraction of sp³-hybridized carbons (Fsp3) is 0.458. The number of benzene rings is 1. The summed E-state index contributed by atoms with van der Waals surface area (Å²) in [6, 6.07) is 11.0. The average Bonchev–Trinajstić information content (AvgIpc) is 3.38. The number of imide groups is 1. The molecule has 1 aromatic heterocycles. The third kappa shape index (κ3) is 4.24. The van der Waals surface area contributed by atoms with E-state index in [-0.39, 0.29) is 24.3 Å². The van der Waals surface area contributed by atoms with Gasteiger partial charge in [0.25, 0.3) is 5.91 Å². The maximum absolute atomic E-state index is 13.4. The van der Waals surface area contributed by atoms with Gasteiger partial charge in [-0.3, -0.25) is 14.5 Å². The number of rotatable bonds is 7. The molecule has 2 heterocycles. The number of thiophene rings is 1. The summed E-state index contributed by atoms with van der Waals surface area (Å²) in [6.07, 6.45) is 3.48. The second-order valence-corrected chi connectivity index (χ2v) is 9.61. The molecule has 2 aliphatic rings. The molecule has 2 fully saturated rings. The Morgan fingerprint density at radius 3 is 2.75 bits per heavy atom. The summed E-state index contributed by atoms with van der Waals surface area (Å²) in [5, 5.41) is 4.89. The van der Waals surface area contributed by atoms with Gasteiger partial charge in [0.15, 0.2) is 0 Å². The second kappa shape index (κ2) is 9.32. The predicted molar refractivity (Wildman–Crippen MR) is 122 cm³/mol. The normalized spacial score (nSPS) is 22.8. The van der Waals surface area contributed by atoms with Crippen molar-refractivity contribution in [3.8, 4) is 5.75 Å². The Bertz CT molecular complexity index is 993. The zero-order valence-corrected chi connectivity index (χ0v) is 19.3. The minimum absolute atomic E-state index is 0.0589. The highest BCUT2D eigenvalue weighted by atomic mass is 32.1. The monoisotopic (exact) mass is 455 g/mol. The smallest absolute Gasteiger partial charge is 0.325 e. The molecular weight excluding hydrogens is 426 g/mol. The van der Waals surface area contributed by atoms with Crippen molar-refractivity contribution in [1.82, 2.24) is 15.1 Å². The van der Waals surface area contributed by atoms with Crippen LogP contribution in [0.4, 0.5) is 4.79 Å². The molecule has 0 bridgehead atoms.